The van der Waals surface area contributed by atoms with Gasteiger partial charge in [0.2, 0.25) is 23.6 Å². The van der Waals surface area contributed by atoms with Gasteiger partial charge in [-0.05, 0) is 9.83 Å². The largest absolute Gasteiger partial charge is 0.480 e. The molecule has 12 nitrogen and oxygen atoms in total. The molecule has 0 fully saturated rings. The van der Waals surface area contributed by atoms with Crippen LogP contribution < -0.4 is 21.3 Å². The van der Waals surface area contributed by atoms with Gasteiger partial charge in [0.15, 0.2) is 0 Å². The second-order valence-electron chi connectivity index (χ2n) is 5.37. The van der Waals surface area contributed by atoms with Crippen molar-refractivity contribution in [1.29, 1.82) is 0 Å². The first-order valence-electron chi connectivity index (χ1n) is 7.97. The van der Waals surface area contributed by atoms with E-state index in [0.717, 1.165) is 0 Å². The Bertz CT molecular complexity index is 582. The molecule has 164 valence electrons. The van der Waals surface area contributed by atoms with E-state index in [-0.39, 0.29) is 11.5 Å². The number of aliphatic carboxylic acids is 2. The minimum Gasteiger partial charge on any atom is -0.480 e. The lowest BCUT2D eigenvalue weighted by Crippen LogP contribution is -2.48. The fourth-order valence-corrected chi connectivity index (χ4v) is 5.54. The van der Waals surface area contributed by atoms with Crippen LogP contribution in [0.4, 0.5) is 0 Å². The van der Waals surface area contributed by atoms with Crippen LogP contribution in [0.2, 0.25) is 0 Å². The first-order valence-corrected chi connectivity index (χ1v) is 11.8. The highest BCUT2D eigenvalue weighted by Crippen LogP contribution is 2.35. The van der Waals surface area contributed by atoms with Crippen LogP contribution in [0.3, 0.4) is 0 Å². The van der Waals surface area contributed by atoms with Gasteiger partial charge >= 0.3 is 11.9 Å². The number of rotatable bonds is 14. The molecular weight excluding hydrogens is 448 g/mol. The number of carbonyl (C=O) groups is 6. The highest BCUT2D eigenvalue weighted by molar-refractivity contribution is 9.09. The molecule has 0 saturated heterocycles. The predicted octanol–water partition coefficient (Wildman–Crippen LogP) is -1.57. The van der Waals surface area contributed by atoms with Crippen LogP contribution >= 0.6 is 31.4 Å². The predicted molar refractivity (Wildman–Crippen MR) is 109 cm³/mol. The molecule has 0 unspecified atom stereocenters. The Morgan fingerprint density at radius 1 is 0.724 bits per heavy atom. The fraction of sp³-hybridized carbons (Fsp3) is 0.571. The SMILES string of the molecule is CC(=O)N[C@@H](CSSSC[C@H](NC(C)=O)C(=O)NCC(=O)O)C(=O)NCC(=O)O. The van der Waals surface area contributed by atoms with Gasteiger partial charge in [0, 0.05) is 25.4 Å². The minimum absolute atomic E-state index is 0.124. The summed E-state index contributed by atoms with van der Waals surface area (Å²) in [5, 5.41) is 26.4. The summed E-state index contributed by atoms with van der Waals surface area (Å²) in [5.74, 6) is -4.41. The lowest BCUT2D eigenvalue weighted by atomic mass is 10.3. The van der Waals surface area contributed by atoms with Crippen molar-refractivity contribution in [2.75, 3.05) is 24.6 Å². The zero-order chi connectivity index (χ0) is 22.4. The topological polar surface area (TPSA) is 191 Å². The Hall–Kier alpha value is -2.13. The van der Waals surface area contributed by atoms with Gasteiger partial charge in [-0.1, -0.05) is 21.6 Å². The third kappa shape index (κ3) is 14.5. The van der Waals surface area contributed by atoms with E-state index in [1.807, 2.05) is 0 Å². The standard InChI is InChI=1S/C14H22N4O8S3/c1-7(19)17-9(13(25)15-3-11(21)22)5-27-29-28-6-10(18-8(2)20)14(26)16-4-12(23)24/h9-10H,3-6H2,1-2H3,(H,15,25)(H,16,26)(H,17,19)(H,18,20)(H,21,22)(H,23,24)/t9-,10-/m0/s1. The number of hydrogen-bond donors (Lipinski definition) is 6. The molecule has 0 aliphatic heterocycles. The summed E-state index contributed by atoms with van der Waals surface area (Å²) in [6.45, 7) is 1.28. The number of hydrogen-bond acceptors (Lipinski definition) is 9. The van der Waals surface area contributed by atoms with Crippen molar-refractivity contribution in [2.24, 2.45) is 0 Å². The van der Waals surface area contributed by atoms with Crippen LogP contribution in [0.25, 0.3) is 0 Å². The quantitative estimate of drug-likeness (QED) is 0.127. The Labute approximate surface area is 177 Å². The zero-order valence-electron chi connectivity index (χ0n) is 15.6. The maximum absolute atomic E-state index is 11.9. The number of carboxylic acids is 2. The normalized spacial score (nSPS) is 12.2. The minimum atomic E-state index is -1.22. The first kappa shape index (κ1) is 26.9. The highest BCUT2D eigenvalue weighted by Gasteiger charge is 2.22. The Morgan fingerprint density at radius 3 is 1.34 bits per heavy atom. The van der Waals surface area contributed by atoms with E-state index < -0.39 is 60.7 Å². The van der Waals surface area contributed by atoms with Gasteiger partial charge in [0.1, 0.15) is 25.2 Å². The van der Waals surface area contributed by atoms with Crippen LogP contribution in [0.15, 0.2) is 0 Å². The maximum atomic E-state index is 11.9. The van der Waals surface area contributed by atoms with Gasteiger partial charge in [-0.15, -0.1) is 0 Å². The van der Waals surface area contributed by atoms with E-state index in [1.54, 1.807) is 0 Å². The van der Waals surface area contributed by atoms with Crippen LogP contribution in [0.1, 0.15) is 13.8 Å². The van der Waals surface area contributed by atoms with Gasteiger partial charge in [0.05, 0.1) is 0 Å². The molecule has 0 aromatic heterocycles. The van der Waals surface area contributed by atoms with Gasteiger partial charge in [-0.25, -0.2) is 0 Å². The molecule has 29 heavy (non-hydrogen) atoms. The number of nitrogens with one attached hydrogen (secondary N) is 4. The molecule has 0 radical (unpaired) electrons. The van der Waals surface area contributed by atoms with E-state index >= 15 is 0 Å². The molecule has 0 aromatic rings. The molecule has 0 aliphatic rings. The average molecular weight is 471 g/mol. The third-order valence-electron chi connectivity index (χ3n) is 2.78. The molecule has 15 heteroatoms. The number of carboxylic acid groups (broad SMARTS) is 2. The van der Waals surface area contributed by atoms with E-state index in [1.165, 1.54) is 45.3 Å². The number of amides is 4. The molecule has 0 bridgehead atoms. The van der Waals surface area contributed by atoms with Crippen molar-refractivity contribution < 1.29 is 39.0 Å². The molecule has 4 amide bonds. The Morgan fingerprint density at radius 2 is 1.07 bits per heavy atom. The van der Waals surface area contributed by atoms with Crippen molar-refractivity contribution in [3.8, 4) is 0 Å². The van der Waals surface area contributed by atoms with Crippen LogP contribution in [-0.4, -0.2) is 82.5 Å². The van der Waals surface area contributed by atoms with Gasteiger partial charge in [-0.2, -0.15) is 0 Å². The molecule has 0 rings (SSSR count). The molecule has 0 saturated carbocycles. The Balaban J connectivity index is 4.50. The lowest BCUT2D eigenvalue weighted by Gasteiger charge is -2.17. The van der Waals surface area contributed by atoms with Gasteiger partial charge < -0.3 is 31.5 Å². The van der Waals surface area contributed by atoms with E-state index in [0.29, 0.717) is 0 Å². The van der Waals surface area contributed by atoms with Crippen molar-refractivity contribution in [2.45, 2.75) is 25.9 Å². The summed E-state index contributed by atoms with van der Waals surface area (Å²) in [6.07, 6.45) is 0. The van der Waals surface area contributed by atoms with Gasteiger partial charge in [-0.3, -0.25) is 28.8 Å². The zero-order valence-corrected chi connectivity index (χ0v) is 18.0. The number of carbonyl (C=O) groups excluding carboxylic acids is 4. The summed E-state index contributed by atoms with van der Waals surface area (Å²) < 4.78 is 0. The molecule has 2 atom stereocenters. The summed E-state index contributed by atoms with van der Waals surface area (Å²) in [4.78, 5) is 67.3. The van der Waals surface area contributed by atoms with Crippen molar-refractivity contribution >= 4 is 67.0 Å². The van der Waals surface area contributed by atoms with E-state index in [9.17, 15) is 28.8 Å². The average Bonchev–Trinajstić information content (AvgIpc) is 2.61. The third-order valence-corrected chi connectivity index (χ3v) is 7.04. The highest BCUT2D eigenvalue weighted by atomic mass is 33.5. The second kappa shape index (κ2) is 14.8. The molecule has 0 aromatic carbocycles. The Kier molecular flexibility index (Phi) is 13.7. The molecule has 0 heterocycles. The lowest BCUT2D eigenvalue weighted by molar-refractivity contribution is -0.138. The van der Waals surface area contributed by atoms with Gasteiger partial charge in [0.25, 0.3) is 0 Å². The summed E-state index contributed by atoms with van der Waals surface area (Å²) in [5.41, 5.74) is 0. The van der Waals surface area contributed by atoms with Crippen LogP contribution in [-0.2, 0) is 28.8 Å². The fourth-order valence-electron chi connectivity index (χ4n) is 1.65. The second-order valence-corrected chi connectivity index (χ2v) is 9.69. The molecule has 6 N–H and O–H groups in total. The smallest absolute Gasteiger partial charge is 0.322 e. The summed E-state index contributed by atoms with van der Waals surface area (Å²) >= 11 is 0. The van der Waals surface area contributed by atoms with Crippen LogP contribution in [0.5, 0.6) is 0 Å². The molecule has 0 aliphatic carbocycles. The maximum Gasteiger partial charge on any atom is 0.322 e. The van der Waals surface area contributed by atoms with Crippen molar-refractivity contribution in [3.05, 3.63) is 0 Å². The molecule has 0 spiro atoms. The van der Waals surface area contributed by atoms with E-state index in [4.69, 9.17) is 10.2 Å². The van der Waals surface area contributed by atoms with Crippen LogP contribution in [0, 0.1) is 0 Å². The van der Waals surface area contributed by atoms with Crippen molar-refractivity contribution in [1.82, 2.24) is 21.3 Å². The summed E-state index contributed by atoms with van der Waals surface area (Å²) in [6, 6.07) is -1.90. The first-order chi connectivity index (χ1) is 13.5. The monoisotopic (exact) mass is 470 g/mol. The van der Waals surface area contributed by atoms with Crippen molar-refractivity contribution in [3.63, 3.8) is 0 Å². The van der Waals surface area contributed by atoms with E-state index in [2.05, 4.69) is 21.3 Å². The summed E-state index contributed by atoms with van der Waals surface area (Å²) in [7, 11) is 3.54. The molecular formula is C14H22N4O8S3.